The average Bonchev–Trinajstić information content (AvgIpc) is 2.55. The van der Waals surface area contributed by atoms with Gasteiger partial charge in [0.1, 0.15) is 0 Å². The predicted octanol–water partition coefficient (Wildman–Crippen LogP) is 4.40. The zero-order valence-corrected chi connectivity index (χ0v) is 14.4. The number of aliphatic carboxylic acids is 1. The molecule has 1 fully saturated rings. The third-order valence-corrected chi connectivity index (χ3v) is 5.10. The zero-order valence-electron chi connectivity index (χ0n) is 14.4. The minimum absolute atomic E-state index is 0.0357. The maximum Gasteiger partial charge on any atom is 0.303 e. The Balaban J connectivity index is 2.21. The van der Waals surface area contributed by atoms with Crippen LogP contribution in [0.15, 0.2) is 18.2 Å². The smallest absolute Gasteiger partial charge is 0.303 e. The van der Waals surface area contributed by atoms with Crippen LogP contribution in [0.3, 0.4) is 0 Å². The van der Waals surface area contributed by atoms with Crippen LogP contribution in [-0.4, -0.2) is 23.7 Å². The first-order valence-electron chi connectivity index (χ1n) is 8.94. The highest BCUT2D eigenvalue weighted by Crippen LogP contribution is 2.34. The summed E-state index contributed by atoms with van der Waals surface area (Å²) in [4.78, 5) is 13.4. The Bertz CT molecular complexity index is 524. The first-order chi connectivity index (χ1) is 11.1. The summed E-state index contributed by atoms with van der Waals surface area (Å²) in [6.45, 7) is 5.17. The molecular weight excluding hydrogens is 288 g/mol. The molecule has 1 aromatic carbocycles. The van der Waals surface area contributed by atoms with Gasteiger partial charge in [0.2, 0.25) is 0 Å². The predicted molar refractivity (Wildman–Crippen MR) is 96.0 cm³/mol. The number of hydrogen-bond acceptors (Lipinski definition) is 3. The summed E-state index contributed by atoms with van der Waals surface area (Å²) in [5.41, 5.74) is 9.26. The monoisotopic (exact) mass is 318 g/mol. The highest BCUT2D eigenvalue weighted by molar-refractivity contribution is 5.71. The van der Waals surface area contributed by atoms with Crippen LogP contribution in [0.1, 0.15) is 70.3 Å². The lowest BCUT2D eigenvalue weighted by Crippen LogP contribution is -2.37. The molecule has 4 heteroatoms. The normalized spacial score (nSPS) is 17.0. The Hall–Kier alpha value is -1.71. The van der Waals surface area contributed by atoms with Gasteiger partial charge in [-0.25, -0.2) is 0 Å². The molecule has 1 atom stereocenters. The topological polar surface area (TPSA) is 66.6 Å². The van der Waals surface area contributed by atoms with E-state index in [1.165, 1.54) is 32.1 Å². The SMILES string of the molecule is CCC(CC(=O)O)c1ccc(N(CC)C2CCCCC2)c(N)c1. The highest BCUT2D eigenvalue weighted by Gasteiger charge is 2.22. The molecule has 0 spiro atoms. The number of nitrogens with zero attached hydrogens (tertiary/aromatic N) is 1. The number of anilines is 2. The van der Waals surface area contributed by atoms with Gasteiger partial charge in [-0.1, -0.05) is 32.3 Å². The molecule has 1 aliphatic carbocycles. The van der Waals surface area contributed by atoms with Gasteiger partial charge in [0.05, 0.1) is 17.8 Å². The lowest BCUT2D eigenvalue weighted by atomic mass is 9.91. The number of rotatable bonds is 7. The molecule has 0 radical (unpaired) electrons. The molecule has 2 rings (SSSR count). The third kappa shape index (κ3) is 4.40. The van der Waals surface area contributed by atoms with Crippen molar-refractivity contribution < 1.29 is 9.90 Å². The van der Waals surface area contributed by atoms with Crippen LogP contribution in [0, 0.1) is 0 Å². The molecule has 1 aromatic rings. The second-order valence-electron chi connectivity index (χ2n) is 6.60. The number of benzene rings is 1. The lowest BCUT2D eigenvalue weighted by Gasteiger charge is -2.36. The van der Waals surface area contributed by atoms with Gasteiger partial charge in [-0.05, 0) is 49.8 Å². The summed E-state index contributed by atoms with van der Waals surface area (Å²) >= 11 is 0. The van der Waals surface area contributed by atoms with E-state index in [1.54, 1.807) is 0 Å². The fourth-order valence-electron chi connectivity index (χ4n) is 3.82. The Kier molecular flexibility index (Phi) is 6.31. The molecule has 1 unspecified atom stereocenters. The van der Waals surface area contributed by atoms with Crippen LogP contribution in [-0.2, 0) is 4.79 Å². The molecule has 0 amide bonds. The molecule has 0 aromatic heterocycles. The Morgan fingerprint density at radius 2 is 2.00 bits per heavy atom. The van der Waals surface area contributed by atoms with Crippen LogP contribution in [0.2, 0.25) is 0 Å². The van der Waals surface area contributed by atoms with Crippen molar-refractivity contribution >= 4 is 17.3 Å². The van der Waals surface area contributed by atoms with E-state index in [4.69, 9.17) is 10.8 Å². The number of carbonyl (C=O) groups is 1. The molecule has 4 nitrogen and oxygen atoms in total. The molecule has 23 heavy (non-hydrogen) atoms. The minimum atomic E-state index is -0.753. The molecule has 3 N–H and O–H groups in total. The number of hydrogen-bond donors (Lipinski definition) is 2. The maximum absolute atomic E-state index is 11.0. The van der Waals surface area contributed by atoms with Gasteiger partial charge in [0, 0.05) is 12.6 Å². The van der Waals surface area contributed by atoms with Gasteiger partial charge in [-0.3, -0.25) is 4.79 Å². The van der Waals surface area contributed by atoms with E-state index in [9.17, 15) is 4.79 Å². The Morgan fingerprint density at radius 1 is 1.30 bits per heavy atom. The van der Waals surface area contributed by atoms with Crippen molar-refractivity contribution in [1.29, 1.82) is 0 Å². The molecule has 0 aliphatic heterocycles. The van der Waals surface area contributed by atoms with Gasteiger partial charge in [0.15, 0.2) is 0 Å². The summed E-state index contributed by atoms with van der Waals surface area (Å²) in [5.74, 6) is -0.717. The number of nitrogens with two attached hydrogens (primary N) is 1. The van der Waals surface area contributed by atoms with E-state index >= 15 is 0 Å². The second-order valence-corrected chi connectivity index (χ2v) is 6.60. The first-order valence-corrected chi connectivity index (χ1v) is 8.94. The summed E-state index contributed by atoms with van der Waals surface area (Å²) in [6, 6.07) is 6.72. The molecular formula is C19H30N2O2. The average molecular weight is 318 g/mol. The number of carboxylic acids is 1. The summed E-state index contributed by atoms with van der Waals surface area (Å²) in [7, 11) is 0. The van der Waals surface area contributed by atoms with E-state index in [0.717, 1.165) is 29.9 Å². The van der Waals surface area contributed by atoms with Crippen LogP contribution in [0.25, 0.3) is 0 Å². The lowest BCUT2D eigenvalue weighted by molar-refractivity contribution is -0.137. The van der Waals surface area contributed by atoms with Crippen molar-refractivity contribution in [3.8, 4) is 0 Å². The fraction of sp³-hybridized carbons (Fsp3) is 0.632. The van der Waals surface area contributed by atoms with Gasteiger partial charge in [-0.15, -0.1) is 0 Å². The summed E-state index contributed by atoms with van der Waals surface area (Å²) < 4.78 is 0. The quantitative estimate of drug-likeness (QED) is 0.731. The van der Waals surface area contributed by atoms with Gasteiger partial charge in [0.25, 0.3) is 0 Å². The highest BCUT2D eigenvalue weighted by atomic mass is 16.4. The van der Waals surface area contributed by atoms with Crippen LogP contribution < -0.4 is 10.6 Å². The van der Waals surface area contributed by atoms with E-state index in [-0.39, 0.29) is 12.3 Å². The second kappa shape index (κ2) is 8.23. The van der Waals surface area contributed by atoms with Crippen molar-refractivity contribution in [2.75, 3.05) is 17.2 Å². The molecule has 128 valence electrons. The molecule has 1 saturated carbocycles. The fourth-order valence-corrected chi connectivity index (χ4v) is 3.82. The van der Waals surface area contributed by atoms with Crippen molar-refractivity contribution in [2.45, 2.75) is 70.8 Å². The summed E-state index contributed by atoms with van der Waals surface area (Å²) in [6.07, 6.45) is 7.40. The van der Waals surface area contributed by atoms with E-state index in [1.807, 2.05) is 13.0 Å². The molecule has 0 heterocycles. The largest absolute Gasteiger partial charge is 0.481 e. The van der Waals surface area contributed by atoms with Crippen molar-refractivity contribution in [3.63, 3.8) is 0 Å². The van der Waals surface area contributed by atoms with E-state index in [2.05, 4.69) is 24.0 Å². The van der Waals surface area contributed by atoms with Crippen molar-refractivity contribution in [1.82, 2.24) is 0 Å². The van der Waals surface area contributed by atoms with Gasteiger partial charge in [-0.2, -0.15) is 0 Å². The minimum Gasteiger partial charge on any atom is -0.481 e. The standard InChI is InChI=1S/C19H30N2O2/c1-3-14(13-19(22)23)15-10-11-18(17(20)12-15)21(4-2)16-8-6-5-7-9-16/h10-12,14,16H,3-9,13,20H2,1-2H3,(H,22,23). The Labute approximate surface area is 139 Å². The van der Waals surface area contributed by atoms with E-state index in [0.29, 0.717) is 6.04 Å². The molecule has 1 aliphatic rings. The zero-order chi connectivity index (χ0) is 16.8. The summed E-state index contributed by atoms with van der Waals surface area (Å²) in [5, 5.41) is 9.06. The first kappa shape index (κ1) is 17.6. The third-order valence-electron chi connectivity index (χ3n) is 5.10. The number of carboxylic acid groups (broad SMARTS) is 1. The maximum atomic E-state index is 11.0. The van der Waals surface area contributed by atoms with Gasteiger partial charge >= 0.3 is 5.97 Å². The van der Waals surface area contributed by atoms with Crippen molar-refractivity contribution in [2.24, 2.45) is 0 Å². The molecule has 0 bridgehead atoms. The van der Waals surface area contributed by atoms with Gasteiger partial charge < -0.3 is 15.7 Å². The van der Waals surface area contributed by atoms with E-state index < -0.39 is 5.97 Å². The van der Waals surface area contributed by atoms with Crippen LogP contribution in [0.5, 0.6) is 0 Å². The molecule has 0 saturated heterocycles. The number of nitrogen functional groups attached to an aromatic ring is 1. The van der Waals surface area contributed by atoms with Crippen LogP contribution in [0.4, 0.5) is 11.4 Å². The Morgan fingerprint density at radius 3 is 2.52 bits per heavy atom. The van der Waals surface area contributed by atoms with Crippen LogP contribution >= 0.6 is 0 Å². The van der Waals surface area contributed by atoms with Crippen molar-refractivity contribution in [3.05, 3.63) is 23.8 Å².